The summed E-state index contributed by atoms with van der Waals surface area (Å²) in [5, 5.41) is 0.392. The van der Waals surface area contributed by atoms with Crippen molar-refractivity contribution in [1.29, 1.82) is 0 Å². The van der Waals surface area contributed by atoms with Gasteiger partial charge in [-0.1, -0.05) is 12.8 Å². The maximum atomic E-state index is 13.2. The summed E-state index contributed by atoms with van der Waals surface area (Å²) in [5.74, 6) is -0.0296. The molecule has 0 spiro atoms. The van der Waals surface area contributed by atoms with Crippen LogP contribution in [0, 0.1) is 5.82 Å². The van der Waals surface area contributed by atoms with Crippen LogP contribution in [-0.4, -0.2) is 23.0 Å². The van der Waals surface area contributed by atoms with Gasteiger partial charge in [0.25, 0.3) is 5.56 Å². The number of nitrogens with zero attached hydrogens (tertiary/aromatic N) is 1. The van der Waals surface area contributed by atoms with Crippen molar-refractivity contribution in [3.05, 3.63) is 40.2 Å². The fraction of sp³-hybridized carbons (Fsp3) is 0.438. The quantitative estimate of drug-likeness (QED) is 0.630. The number of H-pyrrole nitrogens is 1. The average molecular weight is 306 g/mol. The van der Waals surface area contributed by atoms with Gasteiger partial charge in [-0.3, -0.25) is 9.59 Å². The molecule has 22 heavy (non-hydrogen) atoms. The van der Waals surface area contributed by atoms with Crippen molar-refractivity contribution in [3.8, 4) is 0 Å². The first-order valence-corrected chi connectivity index (χ1v) is 7.35. The van der Waals surface area contributed by atoms with Gasteiger partial charge in [-0.05, 0) is 25.0 Å². The van der Waals surface area contributed by atoms with Gasteiger partial charge in [0, 0.05) is 18.9 Å². The lowest BCUT2D eigenvalue weighted by Gasteiger charge is -2.03. The first kappa shape index (κ1) is 16.1. The number of carbonyl (C=O) groups is 1. The number of ether oxygens (including phenoxy) is 1. The number of benzene rings is 1. The Kier molecular flexibility index (Phi) is 5.63. The molecular weight excluding hydrogens is 287 g/mol. The number of nitrogens with one attached hydrogen (secondary N) is 1. The van der Waals surface area contributed by atoms with Crippen molar-refractivity contribution < 1.29 is 13.9 Å². The van der Waals surface area contributed by atoms with E-state index in [9.17, 15) is 14.0 Å². The second-order valence-electron chi connectivity index (χ2n) is 5.16. The van der Waals surface area contributed by atoms with Crippen LogP contribution in [0.1, 0.15) is 37.9 Å². The molecule has 5 nitrogen and oxygen atoms in total. The zero-order valence-electron chi connectivity index (χ0n) is 12.5. The second kappa shape index (κ2) is 7.68. The number of rotatable bonds is 7. The first-order chi connectivity index (χ1) is 10.6. The molecule has 0 fully saturated rings. The molecule has 0 aliphatic heterocycles. The number of hydrogen-bond donors (Lipinski definition) is 1. The summed E-state index contributed by atoms with van der Waals surface area (Å²) in [5.41, 5.74) is 0.134. The zero-order valence-corrected chi connectivity index (χ0v) is 12.5. The van der Waals surface area contributed by atoms with Crippen molar-refractivity contribution in [1.82, 2.24) is 9.97 Å². The minimum atomic E-state index is -0.403. The molecule has 118 valence electrons. The van der Waals surface area contributed by atoms with Crippen molar-refractivity contribution in [3.63, 3.8) is 0 Å². The van der Waals surface area contributed by atoms with E-state index in [1.807, 2.05) is 0 Å². The van der Waals surface area contributed by atoms with Crippen LogP contribution in [-0.2, 0) is 16.0 Å². The van der Waals surface area contributed by atoms with E-state index in [1.54, 1.807) is 0 Å². The number of halogens is 1. The fourth-order valence-electron chi connectivity index (χ4n) is 2.30. The highest BCUT2D eigenvalue weighted by Crippen LogP contribution is 2.11. The standard InChI is InChI=1S/C16H19FN2O3/c1-22-15(20)7-5-3-2-4-6-14-18-13-10-11(17)8-9-12(13)16(21)19-14/h8-10H,2-7H2,1H3,(H,18,19,21). The van der Waals surface area contributed by atoms with E-state index in [0.29, 0.717) is 29.6 Å². The van der Waals surface area contributed by atoms with Gasteiger partial charge in [0.2, 0.25) is 0 Å². The van der Waals surface area contributed by atoms with Gasteiger partial charge in [-0.25, -0.2) is 9.37 Å². The van der Waals surface area contributed by atoms with Crippen molar-refractivity contribution in [2.24, 2.45) is 0 Å². The van der Waals surface area contributed by atoms with Crippen molar-refractivity contribution in [2.75, 3.05) is 7.11 Å². The van der Waals surface area contributed by atoms with Gasteiger partial charge in [-0.15, -0.1) is 0 Å². The van der Waals surface area contributed by atoms with Crippen LogP contribution in [0.5, 0.6) is 0 Å². The van der Waals surface area contributed by atoms with Crippen molar-refractivity contribution in [2.45, 2.75) is 38.5 Å². The SMILES string of the molecule is COC(=O)CCCCCCc1nc2cc(F)ccc2c(=O)[nH]1. The average Bonchev–Trinajstić information content (AvgIpc) is 2.50. The Bertz CT molecular complexity index is 712. The second-order valence-corrected chi connectivity index (χ2v) is 5.16. The molecule has 2 aromatic rings. The van der Waals surface area contributed by atoms with Crippen LogP contribution < -0.4 is 5.56 Å². The molecule has 2 rings (SSSR count). The number of unbranched alkanes of at least 4 members (excludes halogenated alkanes) is 3. The van der Waals surface area contributed by atoms with E-state index >= 15 is 0 Å². The Morgan fingerprint density at radius 2 is 2.05 bits per heavy atom. The molecule has 0 amide bonds. The van der Waals surface area contributed by atoms with Gasteiger partial charge in [0.1, 0.15) is 11.6 Å². The number of methoxy groups -OCH3 is 1. The molecule has 0 aliphatic rings. The molecule has 0 aliphatic carbocycles. The summed E-state index contributed by atoms with van der Waals surface area (Å²) < 4.78 is 17.8. The number of carbonyl (C=O) groups excluding carboxylic acids is 1. The molecule has 0 atom stereocenters. The molecule has 1 aromatic carbocycles. The fourth-order valence-corrected chi connectivity index (χ4v) is 2.30. The number of esters is 1. The summed E-state index contributed by atoms with van der Waals surface area (Å²) in [6.07, 6.45) is 4.55. The largest absolute Gasteiger partial charge is 0.469 e. The minimum absolute atomic E-state index is 0.192. The molecule has 1 N–H and O–H groups in total. The van der Waals surface area contributed by atoms with Crippen LogP contribution in [0.4, 0.5) is 4.39 Å². The Balaban J connectivity index is 1.87. The highest BCUT2D eigenvalue weighted by molar-refractivity contribution is 5.77. The third-order valence-corrected chi connectivity index (χ3v) is 3.49. The predicted octanol–water partition coefficient (Wildman–Crippen LogP) is 2.73. The molecular formula is C16H19FN2O3. The van der Waals surface area contributed by atoms with Gasteiger partial charge >= 0.3 is 5.97 Å². The normalized spacial score (nSPS) is 10.8. The lowest BCUT2D eigenvalue weighted by Crippen LogP contribution is -2.12. The van der Waals surface area contributed by atoms with Gasteiger partial charge in [0.05, 0.1) is 18.0 Å². The smallest absolute Gasteiger partial charge is 0.305 e. The number of hydrogen-bond acceptors (Lipinski definition) is 4. The van der Waals surface area contributed by atoms with Crippen LogP contribution in [0.15, 0.2) is 23.0 Å². The highest BCUT2D eigenvalue weighted by Gasteiger charge is 2.05. The van der Waals surface area contributed by atoms with Crippen molar-refractivity contribution >= 4 is 16.9 Å². The van der Waals surface area contributed by atoms with Gasteiger partial charge < -0.3 is 9.72 Å². The zero-order chi connectivity index (χ0) is 15.9. The Morgan fingerprint density at radius 3 is 2.82 bits per heavy atom. The lowest BCUT2D eigenvalue weighted by molar-refractivity contribution is -0.140. The van der Waals surface area contributed by atoms with Crippen LogP contribution in [0.2, 0.25) is 0 Å². The van der Waals surface area contributed by atoms with E-state index in [0.717, 1.165) is 25.7 Å². The minimum Gasteiger partial charge on any atom is -0.469 e. The Labute approximate surface area is 127 Å². The van der Waals surface area contributed by atoms with Crippen LogP contribution >= 0.6 is 0 Å². The molecule has 0 radical (unpaired) electrons. The maximum Gasteiger partial charge on any atom is 0.305 e. The van der Waals surface area contributed by atoms with E-state index in [4.69, 9.17) is 0 Å². The highest BCUT2D eigenvalue weighted by atomic mass is 19.1. The summed E-state index contributed by atoms with van der Waals surface area (Å²) in [6, 6.07) is 3.96. The Hall–Kier alpha value is -2.24. The summed E-state index contributed by atoms with van der Waals surface area (Å²) in [4.78, 5) is 29.8. The maximum absolute atomic E-state index is 13.2. The van der Waals surface area contributed by atoms with Gasteiger partial charge in [-0.2, -0.15) is 0 Å². The van der Waals surface area contributed by atoms with Crippen LogP contribution in [0.25, 0.3) is 10.9 Å². The third-order valence-electron chi connectivity index (χ3n) is 3.49. The number of fused-ring (bicyclic) bond motifs is 1. The molecule has 6 heteroatoms. The molecule has 1 heterocycles. The lowest BCUT2D eigenvalue weighted by atomic mass is 10.1. The first-order valence-electron chi connectivity index (χ1n) is 7.35. The molecule has 0 bridgehead atoms. The predicted molar refractivity (Wildman–Crippen MR) is 81.1 cm³/mol. The van der Waals surface area contributed by atoms with E-state index in [1.165, 1.54) is 25.3 Å². The number of aromatic nitrogens is 2. The molecule has 0 unspecified atom stereocenters. The number of aromatic amines is 1. The van der Waals surface area contributed by atoms with E-state index < -0.39 is 5.82 Å². The van der Waals surface area contributed by atoms with E-state index in [2.05, 4.69) is 14.7 Å². The Morgan fingerprint density at radius 1 is 1.27 bits per heavy atom. The summed E-state index contributed by atoms with van der Waals surface area (Å²) in [7, 11) is 1.38. The molecule has 0 saturated carbocycles. The summed E-state index contributed by atoms with van der Waals surface area (Å²) in [6.45, 7) is 0. The topological polar surface area (TPSA) is 72.0 Å². The third kappa shape index (κ3) is 4.38. The molecule has 0 saturated heterocycles. The van der Waals surface area contributed by atoms with E-state index in [-0.39, 0.29) is 11.5 Å². The number of aryl methyl sites for hydroxylation is 1. The van der Waals surface area contributed by atoms with Crippen LogP contribution in [0.3, 0.4) is 0 Å². The van der Waals surface area contributed by atoms with Gasteiger partial charge in [0.15, 0.2) is 0 Å². The monoisotopic (exact) mass is 306 g/mol. The molecule has 1 aromatic heterocycles. The summed E-state index contributed by atoms with van der Waals surface area (Å²) >= 11 is 0.